The van der Waals surface area contributed by atoms with E-state index in [1.54, 1.807) is 0 Å². The van der Waals surface area contributed by atoms with Gasteiger partial charge in [0.2, 0.25) is 0 Å². The average molecular weight is 338 g/mol. The van der Waals surface area contributed by atoms with Crippen molar-refractivity contribution in [2.45, 2.75) is 24.9 Å². The van der Waals surface area contributed by atoms with E-state index < -0.39 is 5.60 Å². The van der Waals surface area contributed by atoms with Gasteiger partial charge in [0, 0.05) is 13.0 Å². The van der Waals surface area contributed by atoms with Gasteiger partial charge in [-0.05, 0) is 36.1 Å². The molecule has 0 radical (unpaired) electrons. The lowest BCUT2D eigenvalue weighted by atomic mass is 9.80. The molecule has 24 heavy (non-hydrogen) atoms. The van der Waals surface area contributed by atoms with Gasteiger partial charge in [-0.25, -0.2) is 4.98 Å². The normalized spacial score (nSPS) is 19.9. The van der Waals surface area contributed by atoms with Gasteiger partial charge in [-0.15, -0.1) is 11.3 Å². The summed E-state index contributed by atoms with van der Waals surface area (Å²) in [4.78, 5) is 16.7. The second-order valence-corrected chi connectivity index (χ2v) is 7.37. The molecule has 2 N–H and O–H groups in total. The zero-order chi connectivity index (χ0) is 16.6. The summed E-state index contributed by atoms with van der Waals surface area (Å²) in [6, 6.07) is 15.9. The SMILES string of the molecule is O=C(NC[C@]1(O)CCc2ccccc2C1)c1nc2ccccc2s1. The van der Waals surface area contributed by atoms with Gasteiger partial charge in [-0.1, -0.05) is 36.4 Å². The summed E-state index contributed by atoms with van der Waals surface area (Å²) in [5, 5.41) is 14.1. The molecule has 0 saturated heterocycles. The summed E-state index contributed by atoms with van der Waals surface area (Å²) >= 11 is 1.37. The van der Waals surface area contributed by atoms with Crippen molar-refractivity contribution in [3.05, 3.63) is 64.7 Å². The molecule has 3 aromatic rings. The number of aromatic nitrogens is 1. The van der Waals surface area contributed by atoms with Gasteiger partial charge < -0.3 is 10.4 Å². The van der Waals surface area contributed by atoms with Gasteiger partial charge in [0.1, 0.15) is 0 Å². The highest BCUT2D eigenvalue weighted by atomic mass is 32.1. The maximum atomic E-state index is 12.4. The van der Waals surface area contributed by atoms with Crippen LogP contribution in [0.25, 0.3) is 10.2 Å². The number of nitrogens with zero attached hydrogens (tertiary/aromatic N) is 1. The Balaban J connectivity index is 1.45. The van der Waals surface area contributed by atoms with Crippen molar-refractivity contribution in [1.82, 2.24) is 10.3 Å². The van der Waals surface area contributed by atoms with E-state index in [1.165, 1.54) is 22.5 Å². The number of aryl methyl sites for hydroxylation is 1. The van der Waals surface area contributed by atoms with Gasteiger partial charge in [-0.2, -0.15) is 0 Å². The van der Waals surface area contributed by atoms with Crippen molar-refractivity contribution in [3.8, 4) is 0 Å². The first-order chi connectivity index (χ1) is 11.6. The van der Waals surface area contributed by atoms with E-state index in [-0.39, 0.29) is 12.5 Å². The Morgan fingerprint density at radius 1 is 1.17 bits per heavy atom. The van der Waals surface area contributed by atoms with Crippen LogP contribution in [0.5, 0.6) is 0 Å². The number of fused-ring (bicyclic) bond motifs is 2. The molecule has 1 atom stereocenters. The number of hydrogen-bond donors (Lipinski definition) is 2. The molecule has 1 amide bonds. The van der Waals surface area contributed by atoms with Crippen LogP contribution in [0.15, 0.2) is 48.5 Å². The molecule has 0 saturated carbocycles. The molecule has 2 aromatic carbocycles. The first-order valence-corrected chi connectivity index (χ1v) is 8.88. The molecule has 122 valence electrons. The lowest BCUT2D eigenvalue weighted by Crippen LogP contribution is -2.46. The minimum absolute atomic E-state index is 0.219. The molecule has 1 aromatic heterocycles. The van der Waals surface area contributed by atoms with Crippen LogP contribution in [0, 0.1) is 0 Å². The lowest BCUT2D eigenvalue weighted by molar-refractivity contribution is 0.0260. The Bertz CT molecular complexity index is 872. The van der Waals surface area contributed by atoms with Gasteiger partial charge in [0.25, 0.3) is 5.91 Å². The van der Waals surface area contributed by atoms with Crippen molar-refractivity contribution in [2.75, 3.05) is 6.54 Å². The highest BCUT2D eigenvalue weighted by Crippen LogP contribution is 2.28. The number of aliphatic hydroxyl groups is 1. The number of thiazole rings is 1. The molecule has 0 spiro atoms. The van der Waals surface area contributed by atoms with E-state index in [1.807, 2.05) is 36.4 Å². The van der Waals surface area contributed by atoms with Crippen LogP contribution in [0.3, 0.4) is 0 Å². The average Bonchev–Trinajstić information content (AvgIpc) is 3.04. The molecule has 4 nitrogen and oxygen atoms in total. The van der Waals surface area contributed by atoms with E-state index in [2.05, 4.69) is 22.4 Å². The van der Waals surface area contributed by atoms with Crippen molar-refractivity contribution in [2.24, 2.45) is 0 Å². The van der Waals surface area contributed by atoms with E-state index in [4.69, 9.17) is 0 Å². The van der Waals surface area contributed by atoms with Gasteiger partial charge in [-0.3, -0.25) is 4.79 Å². The third kappa shape index (κ3) is 2.92. The second-order valence-electron chi connectivity index (χ2n) is 6.34. The minimum atomic E-state index is -0.888. The van der Waals surface area contributed by atoms with E-state index >= 15 is 0 Å². The van der Waals surface area contributed by atoms with Crippen LogP contribution >= 0.6 is 11.3 Å². The van der Waals surface area contributed by atoms with Crippen molar-refractivity contribution < 1.29 is 9.90 Å². The molecule has 1 aliphatic rings. The number of para-hydroxylation sites is 1. The van der Waals surface area contributed by atoms with Crippen LogP contribution in [0.2, 0.25) is 0 Å². The molecule has 5 heteroatoms. The summed E-state index contributed by atoms with van der Waals surface area (Å²) in [7, 11) is 0. The van der Waals surface area contributed by atoms with Crippen molar-refractivity contribution in [1.29, 1.82) is 0 Å². The number of hydrogen-bond acceptors (Lipinski definition) is 4. The van der Waals surface area contributed by atoms with Crippen LogP contribution in [0.1, 0.15) is 27.3 Å². The van der Waals surface area contributed by atoms with Crippen LogP contribution in [0.4, 0.5) is 0 Å². The smallest absolute Gasteiger partial charge is 0.280 e. The molecule has 0 unspecified atom stereocenters. The van der Waals surface area contributed by atoms with Gasteiger partial charge in [0.05, 0.1) is 15.8 Å². The maximum Gasteiger partial charge on any atom is 0.280 e. The Morgan fingerprint density at radius 2 is 1.92 bits per heavy atom. The molecule has 0 bridgehead atoms. The summed E-state index contributed by atoms with van der Waals surface area (Å²) in [6.45, 7) is 0.246. The largest absolute Gasteiger partial charge is 0.388 e. The predicted octanol–water partition coefficient (Wildman–Crippen LogP) is 2.95. The Labute approximate surface area is 144 Å². The Hall–Kier alpha value is -2.24. The molecular formula is C19H18N2O2S. The maximum absolute atomic E-state index is 12.4. The summed E-state index contributed by atoms with van der Waals surface area (Å²) in [5.41, 5.74) is 2.40. The topological polar surface area (TPSA) is 62.2 Å². The molecular weight excluding hydrogens is 320 g/mol. The number of amides is 1. The third-order valence-corrected chi connectivity index (χ3v) is 5.60. The fourth-order valence-corrected chi connectivity index (χ4v) is 4.11. The Kier molecular flexibility index (Phi) is 3.82. The van der Waals surface area contributed by atoms with Gasteiger partial charge in [0.15, 0.2) is 5.01 Å². The Morgan fingerprint density at radius 3 is 2.75 bits per heavy atom. The lowest BCUT2D eigenvalue weighted by Gasteiger charge is -2.33. The van der Waals surface area contributed by atoms with E-state index in [0.29, 0.717) is 17.8 Å². The first-order valence-electron chi connectivity index (χ1n) is 8.06. The fraction of sp³-hybridized carbons (Fsp3) is 0.263. The van der Waals surface area contributed by atoms with Crippen LogP contribution in [-0.4, -0.2) is 28.1 Å². The number of carbonyl (C=O) groups excluding carboxylic acids is 1. The predicted molar refractivity (Wildman–Crippen MR) is 95.4 cm³/mol. The standard InChI is InChI=1S/C19H18N2O2S/c22-17(18-21-15-7-3-4-8-16(15)24-18)20-12-19(23)10-9-13-5-1-2-6-14(13)11-19/h1-8,23H,9-12H2,(H,20,22)/t19-/m0/s1. The summed E-state index contributed by atoms with van der Waals surface area (Å²) in [5.74, 6) is -0.219. The van der Waals surface area contributed by atoms with Gasteiger partial charge >= 0.3 is 0 Å². The molecule has 1 aliphatic carbocycles. The van der Waals surface area contributed by atoms with E-state index in [0.717, 1.165) is 16.6 Å². The third-order valence-electron chi connectivity index (χ3n) is 4.56. The number of rotatable bonds is 3. The van der Waals surface area contributed by atoms with Crippen molar-refractivity contribution >= 4 is 27.5 Å². The monoisotopic (exact) mass is 338 g/mol. The van der Waals surface area contributed by atoms with Crippen LogP contribution < -0.4 is 5.32 Å². The molecule has 4 rings (SSSR count). The number of nitrogens with one attached hydrogen (secondary N) is 1. The van der Waals surface area contributed by atoms with E-state index in [9.17, 15) is 9.90 Å². The molecule has 0 fully saturated rings. The first kappa shape index (κ1) is 15.3. The van der Waals surface area contributed by atoms with Crippen molar-refractivity contribution in [3.63, 3.8) is 0 Å². The summed E-state index contributed by atoms with van der Waals surface area (Å²) in [6.07, 6.45) is 2.07. The molecule has 1 heterocycles. The summed E-state index contributed by atoms with van der Waals surface area (Å²) < 4.78 is 0.993. The zero-order valence-electron chi connectivity index (χ0n) is 13.2. The minimum Gasteiger partial charge on any atom is -0.388 e. The fourth-order valence-electron chi connectivity index (χ4n) is 3.22. The highest BCUT2D eigenvalue weighted by Gasteiger charge is 2.32. The second kappa shape index (κ2) is 6.00. The van der Waals surface area contributed by atoms with Crippen LogP contribution in [-0.2, 0) is 12.8 Å². The quantitative estimate of drug-likeness (QED) is 0.772. The highest BCUT2D eigenvalue weighted by molar-refractivity contribution is 7.20. The number of carbonyl (C=O) groups is 1. The number of benzene rings is 2. The zero-order valence-corrected chi connectivity index (χ0v) is 14.0. The molecule has 0 aliphatic heterocycles.